The van der Waals surface area contributed by atoms with E-state index in [0.717, 1.165) is 41.2 Å². The van der Waals surface area contributed by atoms with E-state index in [2.05, 4.69) is 9.44 Å². The fourth-order valence-electron chi connectivity index (χ4n) is 10.9. The normalized spacial score (nSPS) is 24.6. The van der Waals surface area contributed by atoms with Crippen LogP contribution in [0.15, 0.2) is 59.5 Å². The van der Waals surface area contributed by atoms with Crippen LogP contribution in [0.1, 0.15) is 116 Å². The van der Waals surface area contributed by atoms with Crippen LogP contribution in [0.25, 0.3) is 10.8 Å². The number of carbonyl (C=O) groups excluding carboxylic acids is 5. The third kappa shape index (κ3) is 9.74. The van der Waals surface area contributed by atoms with Gasteiger partial charge in [0, 0.05) is 38.3 Å². The van der Waals surface area contributed by atoms with Gasteiger partial charge in [-0.1, -0.05) is 83.7 Å². The zero-order valence-corrected chi connectivity index (χ0v) is 40.8. The molecule has 68 heavy (non-hydrogen) atoms. The smallest absolute Gasteiger partial charge is 0.410 e. The third-order valence-electron chi connectivity index (χ3n) is 15.3. The maximum Gasteiger partial charge on any atom is 0.410 e. The van der Waals surface area contributed by atoms with E-state index in [9.17, 15) is 36.0 Å². The first kappa shape index (κ1) is 48.0. The average molecular weight is 975 g/mol. The number of likely N-dealkylation sites (tertiary alicyclic amines) is 1. The van der Waals surface area contributed by atoms with Crippen LogP contribution in [0.2, 0.25) is 0 Å². The number of amides is 3. The molecule has 9 rings (SSSR count). The summed E-state index contributed by atoms with van der Waals surface area (Å²) in [6.45, 7) is 7.73. The van der Waals surface area contributed by atoms with E-state index in [-0.39, 0.29) is 62.4 Å². The van der Waals surface area contributed by atoms with Gasteiger partial charge in [0.25, 0.3) is 0 Å². The molecule has 0 aromatic heterocycles. The van der Waals surface area contributed by atoms with Crippen LogP contribution >= 0.6 is 0 Å². The van der Waals surface area contributed by atoms with E-state index in [1.165, 1.54) is 15.9 Å². The first-order valence-electron chi connectivity index (χ1n) is 24.1. The van der Waals surface area contributed by atoms with Crippen LogP contribution < -0.4 is 18.9 Å². The van der Waals surface area contributed by atoms with E-state index in [1.54, 1.807) is 12.1 Å². The Kier molecular flexibility index (Phi) is 12.9. The number of fused-ring (bicyclic) bond motifs is 3. The molecule has 16 nitrogen and oxygen atoms in total. The minimum absolute atomic E-state index is 0.0225. The molecule has 6 aliphatic rings. The number of ether oxygens (including phenoxy) is 3. The molecule has 3 heterocycles. The van der Waals surface area contributed by atoms with Gasteiger partial charge in [0.1, 0.15) is 6.10 Å². The van der Waals surface area contributed by atoms with Crippen LogP contribution in [0, 0.1) is 28.6 Å². The summed E-state index contributed by atoms with van der Waals surface area (Å²) in [5.41, 5.74) is -0.427. The number of ketones is 2. The second kappa shape index (κ2) is 18.4. The molecule has 0 bridgehead atoms. The fourth-order valence-corrected chi connectivity index (χ4v) is 13.6. The molecule has 3 amide bonds. The van der Waals surface area contributed by atoms with Gasteiger partial charge in [-0.25, -0.2) is 26.4 Å². The van der Waals surface area contributed by atoms with E-state index in [1.807, 2.05) is 64.1 Å². The lowest BCUT2D eigenvalue weighted by Gasteiger charge is -2.36. The Bertz CT molecular complexity index is 2710. The summed E-state index contributed by atoms with van der Waals surface area (Å²) in [7, 11) is -8.11. The van der Waals surface area contributed by atoms with Gasteiger partial charge in [0.15, 0.2) is 23.1 Å². The summed E-state index contributed by atoms with van der Waals surface area (Å²) in [6.07, 6.45) is 3.25. The van der Waals surface area contributed by atoms with E-state index in [0.29, 0.717) is 50.0 Å². The molecule has 366 valence electrons. The Hall–Kier alpha value is -5.07. The minimum Gasteiger partial charge on any atom is -0.454 e. The van der Waals surface area contributed by atoms with E-state index in [4.69, 9.17) is 14.2 Å². The molecule has 1 saturated heterocycles. The number of nitrogens with zero attached hydrogens (tertiary/aromatic N) is 2. The van der Waals surface area contributed by atoms with E-state index < -0.39 is 89.7 Å². The summed E-state index contributed by atoms with van der Waals surface area (Å²) in [5, 5.41) is 0.950. The number of hydrogen-bond acceptors (Lipinski definition) is 12. The fraction of sp³-hybridized carbons (Fsp3) is 0.580. The van der Waals surface area contributed by atoms with Crippen LogP contribution in [0.3, 0.4) is 0 Å². The number of benzene rings is 3. The van der Waals surface area contributed by atoms with Crippen molar-refractivity contribution in [3.63, 3.8) is 0 Å². The molecule has 3 aliphatic carbocycles. The molecule has 3 aliphatic heterocycles. The first-order chi connectivity index (χ1) is 32.3. The molecule has 1 unspecified atom stereocenters. The molecule has 0 radical (unpaired) electrons. The number of sulfonamides is 2. The number of carbonyl (C=O) groups is 5. The number of rotatable bonds is 16. The van der Waals surface area contributed by atoms with Crippen LogP contribution in [0.4, 0.5) is 4.79 Å². The zero-order valence-electron chi connectivity index (χ0n) is 39.2. The van der Waals surface area contributed by atoms with Crippen LogP contribution in [0.5, 0.6) is 11.5 Å². The highest BCUT2D eigenvalue weighted by molar-refractivity contribution is 7.91. The number of Topliss-reactive ketones (excluding diaryl/α,β-unsaturated/α-hetero) is 2. The Balaban J connectivity index is 0.974. The molecule has 3 aromatic rings. The summed E-state index contributed by atoms with van der Waals surface area (Å²) >= 11 is 0. The molecular weight excluding hydrogens is 913 g/mol. The van der Waals surface area contributed by atoms with Crippen LogP contribution in [-0.2, 0) is 57.1 Å². The molecule has 0 spiro atoms. The summed E-state index contributed by atoms with van der Waals surface area (Å²) in [4.78, 5) is 75.5. The second-order valence-electron chi connectivity index (χ2n) is 21.0. The molecule has 3 aromatic carbocycles. The monoisotopic (exact) mass is 974 g/mol. The van der Waals surface area contributed by atoms with Crippen molar-refractivity contribution < 1.29 is 55.0 Å². The Morgan fingerprint density at radius 3 is 2.15 bits per heavy atom. The van der Waals surface area contributed by atoms with Gasteiger partial charge in [0.05, 0.1) is 34.2 Å². The summed E-state index contributed by atoms with van der Waals surface area (Å²) in [6, 6.07) is 13.6. The standard InChI is InChI=1S/C50H62N4O12S2/c1-5-35-24-50(35,47(58)52-67(60,61)37-17-18-37)25-42(56)40-22-36(66-48(59)53-26-33-20-43-44(65-29-64-43)21-34(33)27-53)28-54(40)46(57)39(49(2,3)4)23-41(55)45(31-12-7-6-8-13-31)51-68(62,63)38-16-15-30-11-9-10-14-32(30)19-38/h9-11,14-16,19-21,31,35-37,39-40,45,51H,5-8,12-13,17-18,22-29H2,1-4H3,(H,52,58)/t35-,36+,39+,40?,45-,50-/m0/s1. The van der Waals surface area contributed by atoms with Crippen molar-refractivity contribution in [1.82, 2.24) is 19.2 Å². The maximum absolute atomic E-state index is 15.3. The van der Waals surface area contributed by atoms with Gasteiger partial charge in [-0.15, -0.1) is 0 Å². The van der Waals surface area contributed by atoms with Crippen molar-refractivity contribution in [3.05, 3.63) is 65.7 Å². The molecule has 4 fully saturated rings. The maximum atomic E-state index is 15.3. The van der Waals surface area contributed by atoms with Crippen LogP contribution in [-0.4, -0.2) is 92.9 Å². The van der Waals surface area contributed by atoms with Gasteiger partial charge in [0.2, 0.25) is 38.7 Å². The van der Waals surface area contributed by atoms with Crippen molar-refractivity contribution >= 4 is 60.3 Å². The van der Waals surface area contributed by atoms with E-state index >= 15 is 4.79 Å². The summed E-state index contributed by atoms with van der Waals surface area (Å²) < 4.78 is 76.3. The lowest BCUT2D eigenvalue weighted by molar-refractivity contribution is -0.146. The predicted molar refractivity (Wildman–Crippen MR) is 250 cm³/mol. The SMILES string of the molecule is CC[C@H]1C[C@@]1(CC(=O)C1C[C@@H](OC(=O)N2Cc3cc4c(cc3C2)OCO4)CN1C(=O)[C@@H](CC(=O)[C@@H](NS(=O)(=O)c1ccc2ccccc2c1)C1CCCCC1)C(C)(C)C)C(=O)NS(=O)(=O)C1CC1. The van der Waals surface area contributed by atoms with Gasteiger partial charge >= 0.3 is 6.09 Å². The number of nitrogens with one attached hydrogen (secondary N) is 2. The van der Waals surface area contributed by atoms with Crippen molar-refractivity contribution in [2.75, 3.05) is 13.3 Å². The molecule has 2 N–H and O–H groups in total. The number of hydrogen-bond donors (Lipinski definition) is 2. The van der Waals surface area contributed by atoms with Gasteiger partial charge in [-0.05, 0) is 95.5 Å². The second-order valence-corrected chi connectivity index (χ2v) is 24.6. The highest BCUT2D eigenvalue weighted by atomic mass is 32.2. The highest BCUT2D eigenvalue weighted by Crippen LogP contribution is 2.58. The van der Waals surface area contributed by atoms with Gasteiger partial charge in [-0.3, -0.25) is 28.8 Å². The largest absolute Gasteiger partial charge is 0.454 e. The van der Waals surface area contributed by atoms with Crippen molar-refractivity contribution in [2.24, 2.45) is 28.6 Å². The zero-order chi connectivity index (χ0) is 48.3. The lowest BCUT2D eigenvalue weighted by Crippen LogP contribution is -2.51. The third-order valence-corrected chi connectivity index (χ3v) is 18.5. The van der Waals surface area contributed by atoms with Gasteiger partial charge < -0.3 is 19.1 Å². The average Bonchev–Trinajstić information content (AvgIpc) is 4.13. The quantitative estimate of drug-likeness (QED) is 0.157. The molecule has 6 atom stereocenters. The summed E-state index contributed by atoms with van der Waals surface area (Å²) in [5.74, 6) is -2.61. The molecular formula is C50H62N4O12S2. The first-order valence-corrected chi connectivity index (χ1v) is 27.1. The van der Waals surface area contributed by atoms with Gasteiger partial charge in [-0.2, -0.15) is 0 Å². The Morgan fingerprint density at radius 1 is 0.868 bits per heavy atom. The van der Waals surface area contributed by atoms with Crippen molar-refractivity contribution in [3.8, 4) is 11.5 Å². The molecule has 18 heteroatoms. The Morgan fingerprint density at radius 2 is 1.53 bits per heavy atom. The van der Waals surface area contributed by atoms with Crippen molar-refractivity contribution in [1.29, 1.82) is 0 Å². The molecule has 3 saturated carbocycles. The Labute approximate surface area is 398 Å². The predicted octanol–water partition coefficient (Wildman–Crippen LogP) is 6.52. The highest BCUT2D eigenvalue weighted by Gasteiger charge is 2.62. The minimum atomic E-state index is -4.20. The van der Waals surface area contributed by atoms with Crippen molar-refractivity contribution in [2.45, 2.75) is 146 Å². The lowest BCUT2D eigenvalue weighted by atomic mass is 9.74. The topological polar surface area (TPSA) is 212 Å².